The molecule has 0 aliphatic carbocycles. The third kappa shape index (κ3) is 1.45. The number of ether oxygens (including phenoxy) is 2. The molecule has 68 valence electrons. The maximum Gasteiger partial charge on any atom is 0.219 e. The molecule has 0 amide bonds. The Bertz CT molecular complexity index is 214. The third-order valence-electron chi connectivity index (χ3n) is 1.93. The molecule has 0 spiro atoms. The Morgan fingerprint density at radius 1 is 1.42 bits per heavy atom. The molecule has 0 saturated carbocycles. The van der Waals surface area contributed by atoms with Crippen molar-refractivity contribution >= 4 is 0 Å². The second-order valence-corrected chi connectivity index (χ2v) is 3.05. The van der Waals surface area contributed by atoms with Crippen LogP contribution in [0, 0.1) is 12.3 Å². The highest BCUT2D eigenvalue weighted by Gasteiger charge is 2.49. The smallest absolute Gasteiger partial charge is 0.219 e. The van der Waals surface area contributed by atoms with E-state index in [9.17, 15) is 10.2 Å². The molecule has 0 aromatic heterocycles. The minimum atomic E-state index is -1.76. The van der Waals surface area contributed by atoms with Crippen molar-refractivity contribution in [2.45, 2.75) is 31.5 Å². The molecule has 3 unspecified atom stereocenters. The van der Waals surface area contributed by atoms with Crippen molar-refractivity contribution in [1.82, 2.24) is 0 Å². The molecule has 4 nitrogen and oxygen atoms in total. The van der Waals surface area contributed by atoms with Crippen molar-refractivity contribution < 1.29 is 19.7 Å². The van der Waals surface area contributed by atoms with E-state index in [4.69, 9.17) is 15.9 Å². The molecule has 1 aliphatic heterocycles. The van der Waals surface area contributed by atoms with Gasteiger partial charge in [-0.3, -0.25) is 0 Å². The van der Waals surface area contributed by atoms with E-state index in [2.05, 4.69) is 5.92 Å². The molecule has 0 bridgehead atoms. The summed E-state index contributed by atoms with van der Waals surface area (Å²) in [4.78, 5) is 0. The van der Waals surface area contributed by atoms with Crippen molar-refractivity contribution in [1.29, 1.82) is 0 Å². The summed E-state index contributed by atoms with van der Waals surface area (Å²) in [6, 6.07) is 0. The predicted molar refractivity (Wildman–Crippen MR) is 40.9 cm³/mol. The van der Waals surface area contributed by atoms with Gasteiger partial charge in [0, 0.05) is 0 Å². The van der Waals surface area contributed by atoms with E-state index in [1.54, 1.807) is 0 Å². The van der Waals surface area contributed by atoms with Crippen molar-refractivity contribution in [2.24, 2.45) is 0 Å². The van der Waals surface area contributed by atoms with Gasteiger partial charge in [-0.2, -0.15) is 0 Å². The van der Waals surface area contributed by atoms with Gasteiger partial charge in [0.2, 0.25) is 11.6 Å². The van der Waals surface area contributed by atoms with Gasteiger partial charge in [-0.05, 0) is 13.8 Å². The van der Waals surface area contributed by atoms with E-state index in [0.717, 1.165) is 0 Å². The molecule has 1 heterocycles. The first-order chi connectivity index (χ1) is 5.39. The summed E-state index contributed by atoms with van der Waals surface area (Å²) >= 11 is 0. The average Bonchev–Trinajstić information content (AvgIpc) is 1.95. The highest BCUT2D eigenvalue weighted by Crippen LogP contribution is 2.30. The number of aliphatic hydroxyl groups is 2. The van der Waals surface area contributed by atoms with Gasteiger partial charge in [-0.1, -0.05) is 5.92 Å². The van der Waals surface area contributed by atoms with Gasteiger partial charge in [0.25, 0.3) is 0 Å². The topological polar surface area (TPSA) is 58.9 Å². The van der Waals surface area contributed by atoms with Crippen molar-refractivity contribution in [3.63, 3.8) is 0 Å². The normalized spacial score (nSPS) is 48.4. The molecule has 12 heavy (non-hydrogen) atoms. The average molecular weight is 172 g/mol. The Balaban J connectivity index is 2.76. The molecule has 0 aromatic carbocycles. The van der Waals surface area contributed by atoms with E-state index in [1.807, 2.05) is 0 Å². The molecule has 0 radical (unpaired) electrons. The second-order valence-electron chi connectivity index (χ2n) is 3.05. The van der Waals surface area contributed by atoms with Crippen LogP contribution in [0.15, 0.2) is 0 Å². The van der Waals surface area contributed by atoms with Crippen LogP contribution in [0.2, 0.25) is 0 Å². The number of terminal acetylenes is 1. The van der Waals surface area contributed by atoms with E-state index in [0.29, 0.717) is 0 Å². The van der Waals surface area contributed by atoms with Crippen LogP contribution in [0.4, 0.5) is 0 Å². The van der Waals surface area contributed by atoms with Crippen molar-refractivity contribution in [2.75, 3.05) is 6.61 Å². The van der Waals surface area contributed by atoms with Crippen LogP contribution in [0.1, 0.15) is 13.8 Å². The first kappa shape index (κ1) is 9.49. The van der Waals surface area contributed by atoms with Gasteiger partial charge in [0.05, 0.1) is 6.61 Å². The molecule has 2 N–H and O–H groups in total. The van der Waals surface area contributed by atoms with E-state index in [-0.39, 0.29) is 6.61 Å². The molecule has 1 saturated heterocycles. The zero-order chi connectivity index (χ0) is 9.41. The number of hydrogen-bond acceptors (Lipinski definition) is 4. The summed E-state index contributed by atoms with van der Waals surface area (Å²) in [5, 5.41) is 19.0. The Labute approximate surface area is 71.1 Å². The van der Waals surface area contributed by atoms with Crippen molar-refractivity contribution in [3.05, 3.63) is 0 Å². The minimum Gasteiger partial charge on any atom is -0.362 e. The summed E-state index contributed by atoms with van der Waals surface area (Å²) in [5.74, 6) is -1.19. The number of rotatable bonds is 0. The van der Waals surface area contributed by atoms with Gasteiger partial charge in [0.15, 0.2) is 0 Å². The van der Waals surface area contributed by atoms with Crippen LogP contribution in [-0.4, -0.2) is 34.5 Å². The molecule has 3 atom stereocenters. The van der Waals surface area contributed by atoms with Crippen LogP contribution in [0.3, 0.4) is 0 Å². The maximum atomic E-state index is 9.51. The van der Waals surface area contributed by atoms with Gasteiger partial charge in [-0.15, -0.1) is 6.42 Å². The van der Waals surface area contributed by atoms with Crippen LogP contribution in [-0.2, 0) is 9.47 Å². The fraction of sp³-hybridized carbons (Fsp3) is 0.750. The Morgan fingerprint density at radius 2 is 2.00 bits per heavy atom. The quantitative estimate of drug-likeness (QED) is 0.481. The third-order valence-corrected chi connectivity index (χ3v) is 1.93. The monoisotopic (exact) mass is 172 g/mol. The Hall–Kier alpha value is -0.600. The van der Waals surface area contributed by atoms with Crippen LogP contribution >= 0.6 is 0 Å². The second kappa shape index (κ2) is 2.71. The predicted octanol–water partition coefficient (Wildman–Crippen LogP) is -0.548. The Kier molecular flexibility index (Phi) is 2.15. The SMILES string of the molecule is C#CC1COC(C)(O)C(C)(O)O1. The molecule has 0 aromatic rings. The van der Waals surface area contributed by atoms with Crippen LogP contribution < -0.4 is 0 Å². The highest BCUT2D eigenvalue weighted by atomic mass is 16.7. The van der Waals surface area contributed by atoms with E-state index >= 15 is 0 Å². The summed E-state index contributed by atoms with van der Waals surface area (Å²) in [6.45, 7) is 2.70. The molecule has 4 heteroatoms. The van der Waals surface area contributed by atoms with Gasteiger partial charge in [0.1, 0.15) is 6.10 Å². The fourth-order valence-corrected chi connectivity index (χ4v) is 0.874. The number of hydrogen-bond donors (Lipinski definition) is 2. The first-order valence-electron chi connectivity index (χ1n) is 3.62. The summed E-state index contributed by atoms with van der Waals surface area (Å²) in [7, 11) is 0. The van der Waals surface area contributed by atoms with Gasteiger partial charge < -0.3 is 19.7 Å². The van der Waals surface area contributed by atoms with Gasteiger partial charge in [-0.25, -0.2) is 0 Å². The zero-order valence-corrected chi connectivity index (χ0v) is 7.07. The van der Waals surface area contributed by atoms with Crippen molar-refractivity contribution in [3.8, 4) is 12.3 Å². The largest absolute Gasteiger partial charge is 0.362 e. The fourth-order valence-electron chi connectivity index (χ4n) is 0.874. The first-order valence-corrected chi connectivity index (χ1v) is 3.62. The van der Waals surface area contributed by atoms with E-state index in [1.165, 1.54) is 13.8 Å². The zero-order valence-electron chi connectivity index (χ0n) is 7.07. The Morgan fingerprint density at radius 3 is 2.42 bits per heavy atom. The lowest BCUT2D eigenvalue weighted by Gasteiger charge is -2.43. The van der Waals surface area contributed by atoms with Crippen LogP contribution in [0.5, 0.6) is 0 Å². The van der Waals surface area contributed by atoms with Gasteiger partial charge >= 0.3 is 0 Å². The van der Waals surface area contributed by atoms with Crippen LogP contribution in [0.25, 0.3) is 0 Å². The lowest BCUT2D eigenvalue weighted by Crippen LogP contribution is -2.60. The molecule has 1 aliphatic rings. The molecular weight excluding hydrogens is 160 g/mol. The maximum absolute atomic E-state index is 9.51. The molecular formula is C8H12O4. The summed E-state index contributed by atoms with van der Waals surface area (Å²) < 4.78 is 9.90. The molecule has 1 rings (SSSR count). The highest BCUT2D eigenvalue weighted by molar-refractivity contribution is 4.99. The van der Waals surface area contributed by atoms with E-state index < -0.39 is 17.7 Å². The standard InChI is InChI=1S/C8H12O4/c1-4-6-5-11-7(2,9)8(3,10)12-6/h1,6,9-10H,5H2,2-3H3. The minimum absolute atomic E-state index is 0.0830. The lowest BCUT2D eigenvalue weighted by molar-refractivity contribution is -0.412. The summed E-state index contributed by atoms with van der Waals surface area (Å²) in [5.41, 5.74) is 0. The molecule has 1 fully saturated rings. The summed E-state index contributed by atoms with van der Waals surface area (Å²) in [6.07, 6.45) is 4.45. The lowest BCUT2D eigenvalue weighted by atomic mass is 10.1.